The summed E-state index contributed by atoms with van der Waals surface area (Å²) in [4.78, 5) is 13.8. The second kappa shape index (κ2) is 5.50. The van der Waals surface area contributed by atoms with E-state index in [0.717, 1.165) is 25.9 Å². The van der Waals surface area contributed by atoms with Gasteiger partial charge in [0.15, 0.2) is 0 Å². The van der Waals surface area contributed by atoms with Crippen LogP contribution in [0, 0.1) is 17.8 Å². The molecule has 0 saturated carbocycles. The molecule has 0 aromatic carbocycles. The monoisotopic (exact) mass is 212 g/mol. The molecule has 0 spiro atoms. The van der Waals surface area contributed by atoms with Crippen LogP contribution in [0.1, 0.15) is 33.6 Å². The molecule has 0 aromatic heterocycles. The van der Waals surface area contributed by atoms with Gasteiger partial charge in [0.1, 0.15) is 0 Å². The standard InChI is InChI=1S/C12H24N2O/c1-9(2)11-4-5-14(12(15)6-11)8-10(3)7-13/h9-11H,4-8,13H2,1-3H3. The Balaban J connectivity index is 2.42. The first-order chi connectivity index (χ1) is 7.04. The molecule has 0 bridgehead atoms. The maximum absolute atomic E-state index is 11.8. The zero-order valence-electron chi connectivity index (χ0n) is 10.2. The first-order valence-electron chi connectivity index (χ1n) is 6.02. The summed E-state index contributed by atoms with van der Waals surface area (Å²) in [6.07, 6.45) is 1.88. The van der Waals surface area contributed by atoms with E-state index in [1.54, 1.807) is 0 Å². The summed E-state index contributed by atoms with van der Waals surface area (Å²) in [5.41, 5.74) is 5.57. The van der Waals surface area contributed by atoms with E-state index in [-0.39, 0.29) is 0 Å². The fourth-order valence-electron chi connectivity index (χ4n) is 2.11. The van der Waals surface area contributed by atoms with Crippen LogP contribution in [-0.2, 0) is 4.79 Å². The highest BCUT2D eigenvalue weighted by molar-refractivity contribution is 5.77. The van der Waals surface area contributed by atoms with Crippen molar-refractivity contribution in [1.29, 1.82) is 0 Å². The largest absolute Gasteiger partial charge is 0.342 e. The van der Waals surface area contributed by atoms with Crippen molar-refractivity contribution in [2.75, 3.05) is 19.6 Å². The molecule has 1 aliphatic rings. The third kappa shape index (κ3) is 3.49. The third-order valence-corrected chi connectivity index (χ3v) is 3.44. The van der Waals surface area contributed by atoms with Gasteiger partial charge in [0, 0.05) is 19.5 Å². The van der Waals surface area contributed by atoms with Gasteiger partial charge < -0.3 is 10.6 Å². The molecule has 88 valence electrons. The molecular weight excluding hydrogens is 188 g/mol. The van der Waals surface area contributed by atoms with Gasteiger partial charge >= 0.3 is 0 Å². The number of carbonyl (C=O) groups excluding carboxylic acids is 1. The molecule has 1 aliphatic heterocycles. The quantitative estimate of drug-likeness (QED) is 0.767. The van der Waals surface area contributed by atoms with Crippen molar-refractivity contribution in [1.82, 2.24) is 4.90 Å². The lowest BCUT2D eigenvalue weighted by Gasteiger charge is -2.34. The Morgan fingerprint density at radius 1 is 1.47 bits per heavy atom. The molecule has 1 rings (SSSR count). The normalized spacial score (nSPS) is 24.7. The van der Waals surface area contributed by atoms with Gasteiger partial charge in [0.05, 0.1) is 0 Å². The van der Waals surface area contributed by atoms with Crippen molar-refractivity contribution < 1.29 is 4.79 Å². The zero-order valence-corrected chi connectivity index (χ0v) is 10.2. The number of amides is 1. The Kier molecular flexibility index (Phi) is 4.58. The number of hydrogen-bond donors (Lipinski definition) is 1. The van der Waals surface area contributed by atoms with Gasteiger partial charge in [-0.25, -0.2) is 0 Å². The van der Waals surface area contributed by atoms with Gasteiger partial charge in [-0.15, -0.1) is 0 Å². The second-order valence-electron chi connectivity index (χ2n) is 5.18. The summed E-state index contributed by atoms with van der Waals surface area (Å²) in [6.45, 7) is 8.93. The van der Waals surface area contributed by atoms with Crippen molar-refractivity contribution in [2.45, 2.75) is 33.6 Å². The van der Waals surface area contributed by atoms with E-state index in [9.17, 15) is 4.79 Å². The topological polar surface area (TPSA) is 46.3 Å². The van der Waals surface area contributed by atoms with Crippen molar-refractivity contribution in [3.8, 4) is 0 Å². The third-order valence-electron chi connectivity index (χ3n) is 3.44. The predicted octanol–water partition coefficient (Wildman–Crippen LogP) is 1.48. The number of piperidine rings is 1. The molecule has 0 aliphatic carbocycles. The highest BCUT2D eigenvalue weighted by Gasteiger charge is 2.27. The van der Waals surface area contributed by atoms with Gasteiger partial charge in [-0.2, -0.15) is 0 Å². The highest BCUT2D eigenvalue weighted by Crippen LogP contribution is 2.25. The summed E-state index contributed by atoms with van der Waals surface area (Å²) in [5, 5.41) is 0. The summed E-state index contributed by atoms with van der Waals surface area (Å²) in [5.74, 6) is 1.95. The molecule has 3 nitrogen and oxygen atoms in total. The molecule has 1 heterocycles. The van der Waals surface area contributed by atoms with Crippen LogP contribution in [-0.4, -0.2) is 30.4 Å². The minimum absolute atomic E-state index is 0.320. The van der Waals surface area contributed by atoms with Gasteiger partial charge in [0.2, 0.25) is 5.91 Å². The van der Waals surface area contributed by atoms with Crippen molar-refractivity contribution >= 4 is 5.91 Å². The smallest absolute Gasteiger partial charge is 0.222 e. The van der Waals surface area contributed by atoms with Crippen LogP contribution < -0.4 is 5.73 Å². The summed E-state index contributed by atoms with van der Waals surface area (Å²) < 4.78 is 0. The molecule has 1 saturated heterocycles. The first-order valence-corrected chi connectivity index (χ1v) is 6.02. The minimum atomic E-state index is 0.320. The van der Waals surface area contributed by atoms with E-state index in [1.807, 2.05) is 4.90 Å². The van der Waals surface area contributed by atoms with Gasteiger partial charge in [-0.1, -0.05) is 20.8 Å². The number of nitrogens with zero attached hydrogens (tertiary/aromatic N) is 1. The lowest BCUT2D eigenvalue weighted by atomic mass is 9.86. The maximum atomic E-state index is 11.8. The Morgan fingerprint density at radius 2 is 2.13 bits per heavy atom. The molecule has 0 radical (unpaired) electrons. The molecule has 1 amide bonds. The summed E-state index contributed by atoms with van der Waals surface area (Å²) in [7, 11) is 0. The first kappa shape index (κ1) is 12.5. The van der Waals surface area contributed by atoms with Crippen LogP contribution in [0.25, 0.3) is 0 Å². The number of nitrogens with two attached hydrogens (primary N) is 1. The Morgan fingerprint density at radius 3 is 2.60 bits per heavy atom. The van der Waals surface area contributed by atoms with Crippen molar-refractivity contribution in [2.24, 2.45) is 23.5 Å². The van der Waals surface area contributed by atoms with Gasteiger partial charge in [-0.3, -0.25) is 4.79 Å². The lowest BCUT2D eigenvalue weighted by molar-refractivity contribution is -0.136. The average Bonchev–Trinajstić information content (AvgIpc) is 2.20. The van der Waals surface area contributed by atoms with Gasteiger partial charge in [0.25, 0.3) is 0 Å². The highest BCUT2D eigenvalue weighted by atomic mass is 16.2. The van der Waals surface area contributed by atoms with Crippen LogP contribution >= 0.6 is 0 Å². The molecular formula is C12H24N2O. The molecule has 3 heteroatoms. The summed E-state index contributed by atoms with van der Waals surface area (Å²) in [6, 6.07) is 0. The molecule has 2 N–H and O–H groups in total. The fourth-order valence-corrected chi connectivity index (χ4v) is 2.11. The number of carbonyl (C=O) groups is 1. The molecule has 2 unspecified atom stereocenters. The molecule has 2 atom stereocenters. The number of hydrogen-bond acceptors (Lipinski definition) is 2. The van der Waals surface area contributed by atoms with E-state index >= 15 is 0 Å². The number of rotatable bonds is 4. The van der Waals surface area contributed by atoms with Crippen LogP contribution in [0.3, 0.4) is 0 Å². The zero-order chi connectivity index (χ0) is 11.4. The minimum Gasteiger partial charge on any atom is -0.342 e. The lowest BCUT2D eigenvalue weighted by Crippen LogP contribution is -2.43. The average molecular weight is 212 g/mol. The molecule has 1 fully saturated rings. The molecule has 15 heavy (non-hydrogen) atoms. The maximum Gasteiger partial charge on any atom is 0.222 e. The van der Waals surface area contributed by atoms with Crippen molar-refractivity contribution in [3.05, 3.63) is 0 Å². The SMILES string of the molecule is CC(CN)CN1CCC(C(C)C)CC1=O. The number of likely N-dealkylation sites (tertiary alicyclic amines) is 1. The van der Waals surface area contributed by atoms with E-state index < -0.39 is 0 Å². The van der Waals surface area contributed by atoms with E-state index in [4.69, 9.17) is 5.73 Å². The van der Waals surface area contributed by atoms with Crippen LogP contribution in [0.2, 0.25) is 0 Å². The Hall–Kier alpha value is -0.570. The van der Waals surface area contributed by atoms with Crippen LogP contribution in [0.5, 0.6) is 0 Å². The van der Waals surface area contributed by atoms with E-state index in [0.29, 0.717) is 30.2 Å². The molecule has 0 aromatic rings. The predicted molar refractivity (Wildman–Crippen MR) is 62.4 cm³/mol. The van der Waals surface area contributed by atoms with Crippen molar-refractivity contribution in [3.63, 3.8) is 0 Å². The Bertz CT molecular complexity index is 216. The van der Waals surface area contributed by atoms with Gasteiger partial charge in [-0.05, 0) is 30.7 Å². The Labute approximate surface area is 93.0 Å². The van der Waals surface area contributed by atoms with Crippen LogP contribution in [0.4, 0.5) is 0 Å². The van der Waals surface area contributed by atoms with Crippen LogP contribution in [0.15, 0.2) is 0 Å². The van der Waals surface area contributed by atoms with E-state index in [2.05, 4.69) is 20.8 Å². The second-order valence-corrected chi connectivity index (χ2v) is 5.18. The fraction of sp³-hybridized carbons (Fsp3) is 0.917. The summed E-state index contributed by atoms with van der Waals surface area (Å²) >= 11 is 0. The van der Waals surface area contributed by atoms with E-state index in [1.165, 1.54) is 0 Å².